The molecule has 0 aliphatic rings. The lowest BCUT2D eigenvalue weighted by Gasteiger charge is -1.94. The maximum Gasteiger partial charge on any atom is 0.0484 e. The van der Waals surface area contributed by atoms with Crippen LogP contribution in [0.2, 0.25) is 0 Å². The van der Waals surface area contributed by atoms with E-state index in [1.165, 1.54) is 0 Å². The van der Waals surface area contributed by atoms with E-state index in [0.29, 0.717) is 0 Å². The second-order valence-corrected chi connectivity index (χ2v) is 4.53. The van der Waals surface area contributed by atoms with Gasteiger partial charge in [-0.25, -0.2) is 0 Å². The van der Waals surface area contributed by atoms with Crippen LogP contribution in [0.4, 0.5) is 0 Å². The average Bonchev–Trinajstić information content (AvgIpc) is 1.82. The van der Waals surface area contributed by atoms with Crippen LogP contribution in [0.5, 0.6) is 0 Å². The second kappa shape index (κ2) is 5.38. The summed E-state index contributed by atoms with van der Waals surface area (Å²) in [5.74, 6) is 0. The van der Waals surface area contributed by atoms with Crippen LogP contribution in [0.25, 0.3) is 0 Å². The molecule has 0 radical (unpaired) electrons. The van der Waals surface area contributed by atoms with E-state index < -0.39 is 10.8 Å². The SMILES string of the molecule is CSC(=CS(C)=O)SC. The highest BCUT2D eigenvalue weighted by atomic mass is 32.2. The van der Waals surface area contributed by atoms with Crippen molar-refractivity contribution in [1.29, 1.82) is 0 Å². The van der Waals surface area contributed by atoms with Crippen LogP contribution in [-0.2, 0) is 10.8 Å². The van der Waals surface area contributed by atoms with Gasteiger partial charge in [-0.15, -0.1) is 23.5 Å². The van der Waals surface area contributed by atoms with Crippen molar-refractivity contribution in [3.63, 3.8) is 0 Å². The first-order chi connectivity index (χ1) is 4.20. The third-order valence-corrected chi connectivity index (χ3v) is 3.57. The number of rotatable bonds is 3. The summed E-state index contributed by atoms with van der Waals surface area (Å²) in [7, 11) is -0.799. The van der Waals surface area contributed by atoms with Gasteiger partial charge in [0.15, 0.2) is 0 Å². The summed E-state index contributed by atoms with van der Waals surface area (Å²) in [5, 5.41) is 1.76. The molecule has 0 rings (SSSR count). The molecule has 0 amide bonds. The van der Waals surface area contributed by atoms with Crippen molar-refractivity contribution < 1.29 is 4.21 Å². The van der Waals surface area contributed by atoms with Gasteiger partial charge in [0, 0.05) is 26.7 Å². The van der Waals surface area contributed by atoms with Crippen molar-refractivity contribution in [3.05, 3.63) is 9.65 Å². The Kier molecular flexibility index (Phi) is 5.73. The molecular weight excluding hydrogens is 172 g/mol. The maximum absolute atomic E-state index is 10.6. The molecule has 0 N–H and O–H groups in total. The minimum Gasteiger partial charge on any atom is -0.255 e. The molecule has 0 spiro atoms. The van der Waals surface area contributed by atoms with E-state index in [1.807, 2.05) is 12.5 Å². The first-order valence-electron chi connectivity index (χ1n) is 2.32. The minimum absolute atomic E-state index is 0.799. The first-order valence-corrected chi connectivity index (χ1v) is 6.39. The lowest BCUT2D eigenvalue weighted by Crippen LogP contribution is -1.76. The van der Waals surface area contributed by atoms with E-state index in [4.69, 9.17) is 0 Å². The average molecular weight is 182 g/mol. The zero-order chi connectivity index (χ0) is 7.28. The van der Waals surface area contributed by atoms with Crippen molar-refractivity contribution >= 4 is 34.3 Å². The molecule has 0 bridgehead atoms. The highest BCUT2D eigenvalue weighted by Crippen LogP contribution is 2.23. The van der Waals surface area contributed by atoms with E-state index in [1.54, 1.807) is 35.2 Å². The molecular formula is C5H10OS3. The standard InChI is InChI=1S/C5H10OS3/c1-7-5(8-2)4-9(3)6/h4H,1-3H3. The Morgan fingerprint density at radius 2 is 1.89 bits per heavy atom. The highest BCUT2D eigenvalue weighted by molar-refractivity contribution is 8.22. The molecule has 0 aromatic rings. The molecule has 0 saturated heterocycles. The van der Waals surface area contributed by atoms with Crippen LogP contribution in [-0.4, -0.2) is 23.0 Å². The summed E-state index contributed by atoms with van der Waals surface area (Å²) < 4.78 is 11.7. The first kappa shape index (κ1) is 9.59. The Hall–Kier alpha value is 0.590. The van der Waals surface area contributed by atoms with Gasteiger partial charge in [0.05, 0.1) is 0 Å². The molecule has 1 atom stereocenters. The monoisotopic (exact) mass is 182 g/mol. The molecule has 54 valence electrons. The van der Waals surface area contributed by atoms with Gasteiger partial charge in [0.25, 0.3) is 0 Å². The molecule has 9 heavy (non-hydrogen) atoms. The number of hydrogen-bond acceptors (Lipinski definition) is 3. The van der Waals surface area contributed by atoms with Crippen LogP contribution in [0.1, 0.15) is 0 Å². The summed E-state index contributed by atoms with van der Waals surface area (Å²) >= 11 is 3.26. The van der Waals surface area contributed by atoms with E-state index in [2.05, 4.69) is 0 Å². The van der Waals surface area contributed by atoms with E-state index >= 15 is 0 Å². The predicted molar refractivity (Wildman–Crippen MR) is 49.2 cm³/mol. The molecule has 0 aromatic carbocycles. The summed E-state index contributed by atoms with van der Waals surface area (Å²) in [4.78, 5) is 0. The van der Waals surface area contributed by atoms with Crippen LogP contribution in [0, 0.1) is 0 Å². The fourth-order valence-corrected chi connectivity index (χ4v) is 2.84. The predicted octanol–water partition coefficient (Wildman–Crippen LogP) is 1.89. The molecule has 0 heterocycles. The Balaban J connectivity index is 3.91. The van der Waals surface area contributed by atoms with Crippen molar-refractivity contribution in [1.82, 2.24) is 0 Å². The van der Waals surface area contributed by atoms with Crippen LogP contribution < -0.4 is 0 Å². The fourth-order valence-electron chi connectivity index (χ4n) is 0.315. The van der Waals surface area contributed by atoms with Gasteiger partial charge in [-0.2, -0.15) is 0 Å². The fraction of sp³-hybridized carbons (Fsp3) is 0.600. The minimum atomic E-state index is -0.799. The lowest BCUT2D eigenvalue weighted by atomic mass is 11.2. The third-order valence-electron chi connectivity index (χ3n) is 0.665. The summed E-state index contributed by atoms with van der Waals surface area (Å²) in [6.07, 6.45) is 5.64. The van der Waals surface area contributed by atoms with Crippen molar-refractivity contribution in [3.8, 4) is 0 Å². The van der Waals surface area contributed by atoms with Gasteiger partial charge in [0.1, 0.15) is 0 Å². The molecule has 0 aromatic heterocycles. The Morgan fingerprint density at radius 1 is 1.44 bits per heavy atom. The van der Waals surface area contributed by atoms with E-state index in [-0.39, 0.29) is 0 Å². The molecule has 0 saturated carbocycles. The van der Waals surface area contributed by atoms with Gasteiger partial charge >= 0.3 is 0 Å². The molecule has 0 fully saturated rings. The molecule has 0 aliphatic carbocycles. The normalized spacial score (nSPS) is 12.8. The molecule has 4 heteroatoms. The van der Waals surface area contributed by atoms with Gasteiger partial charge < -0.3 is 0 Å². The van der Waals surface area contributed by atoms with Gasteiger partial charge in [-0.05, 0) is 12.5 Å². The Morgan fingerprint density at radius 3 is 2.00 bits per heavy atom. The summed E-state index contributed by atoms with van der Waals surface area (Å²) in [6.45, 7) is 0. The van der Waals surface area contributed by atoms with Crippen LogP contribution in [0.3, 0.4) is 0 Å². The summed E-state index contributed by atoms with van der Waals surface area (Å²) in [6, 6.07) is 0. The van der Waals surface area contributed by atoms with E-state index in [9.17, 15) is 4.21 Å². The number of thioether (sulfide) groups is 2. The largest absolute Gasteiger partial charge is 0.255 e. The Labute approximate surface area is 67.1 Å². The molecule has 1 nitrogen and oxygen atoms in total. The van der Waals surface area contributed by atoms with E-state index in [0.717, 1.165) is 4.24 Å². The number of hydrogen-bond donors (Lipinski definition) is 0. The van der Waals surface area contributed by atoms with Crippen LogP contribution in [0.15, 0.2) is 9.65 Å². The molecule has 1 unspecified atom stereocenters. The van der Waals surface area contributed by atoms with Gasteiger partial charge in [-0.1, -0.05) is 0 Å². The third kappa shape index (κ3) is 5.06. The molecule has 0 aliphatic heterocycles. The second-order valence-electron chi connectivity index (χ2n) is 1.34. The summed E-state index contributed by atoms with van der Waals surface area (Å²) in [5.41, 5.74) is 0. The van der Waals surface area contributed by atoms with Gasteiger partial charge in [-0.3, -0.25) is 4.21 Å². The van der Waals surface area contributed by atoms with Crippen molar-refractivity contribution in [2.75, 3.05) is 18.8 Å². The maximum atomic E-state index is 10.6. The zero-order valence-corrected chi connectivity index (χ0v) is 8.16. The lowest BCUT2D eigenvalue weighted by molar-refractivity contribution is 0.691. The Bertz CT molecular complexity index is 124. The van der Waals surface area contributed by atoms with Crippen molar-refractivity contribution in [2.24, 2.45) is 0 Å². The topological polar surface area (TPSA) is 17.1 Å². The smallest absolute Gasteiger partial charge is 0.0484 e. The quantitative estimate of drug-likeness (QED) is 0.663. The highest BCUT2D eigenvalue weighted by Gasteiger charge is 1.90. The van der Waals surface area contributed by atoms with Crippen molar-refractivity contribution in [2.45, 2.75) is 0 Å². The zero-order valence-electron chi connectivity index (χ0n) is 5.71. The van der Waals surface area contributed by atoms with Crippen LogP contribution >= 0.6 is 23.5 Å². The van der Waals surface area contributed by atoms with Gasteiger partial charge in [0.2, 0.25) is 0 Å².